The molecule has 1 rings (SSSR count). The molecule has 0 aromatic heterocycles. The van der Waals surface area contributed by atoms with Gasteiger partial charge in [-0.2, -0.15) is 0 Å². The summed E-state index contributed by atoms with van der Waals surface area (Å²) in [6.45, 7) is 9.26. The molecule has 0 aliphatic carbocycles. The molecule has 1 aliphatic heterocycles. The lowest BCUT2D eigenvalue weighted by molar-refractivity contribution is -0.544. The van der Waals surface area contributed by atoms with E-state index in [0.29, 0.717) is 6.61 Å². The second-order valence-electron chi connectivity index (χ2n) is 3.54. The molecule has 1 atom stereocenters. The predicted molar refractivity (Wildman–Crippen MR) is 41.1 cm³/mol. The summed E-state index contributed by atoms with van der Waals surface area (Å²) < 4.78 is 5.27. The molecule has 0 bridgehead atoms. The van der Waals surface area contributed by atoms with E-state index in [1.165, 1.54) is 0 Å². The molecule has 11 heavy (non-hydrogen) atoms. The highest BCUT2D eigenvalue weighted by atomic mass is 17.3. The van der Waals surface area contributed by atoms with Gasteiger partial charge in [-0.3, -0.25) is 0 Å². The summed E-state index contributed by atoms with van der Waals surface area (Å²) in [5, 5.41) is 0. The summed E-state index contributed by atoms with van der Waals surface area (Å²) in [5.41, 5.74) is -0.495. The molecule has 1 fully saturated rings. The summed E-state index contributed by atoms with van der Waals surface area (Å²) in [4.78, 5) is 9.96. The summed E-state index contributed by atoms with van der Waals surface area (Å²) in [5.74, 6) is 0. The largest absolute Gasteiger partial charge is 0.379 e. The first-order valence-electron chi connectivity index (χ1n) is 3.96. The van der Waals surface area contributed by atoms with Gasteiger partial charge in [0.1, 0.15) is 5.60 Å². The fraction of sp³-hybridized carbons (Fsp3) is 1.00. The Labute approximate surface area is 67.6 Å². The molecule has 1 aliphatic rings. The normalized spacial score (nSPS) is 34.9. The van der Waals surface area contributed by atoms with Gasteiger partial charge in [0, 0.05) is 6.61 Å². The lowest BCUT2D eigenvalue weighted by Crippen LogP contribution is -2.64. The van der Waals surface area contributed by atoms with Gasteiger partial charge in [0.15, 0.2) is 5.60 Å². The second kappa shape index (κ2) is 2.73. The van der Waals surface area contributed by atoms with Crippen molar-refractivity contribution in [2.75, 3.05) is 13.2 Å². The maximum Gasteiger partial charge on any atom is 0.155 e. The van der Waals surface area contributed by atoms with Crippen LogP contribution in [0.4, 0.5) is 0 Å². The minimum absolute atomic E-state index is 0.220. The van der Waals surface area contributed by atoms with Gasteiger partial charge in [0.05, 0.1) is 6.61 Å². The third kappa shape index (κ3) is 1.41. The zero-order valence-corrected chi connectivity index (χ0v) is 7.64. The third-order valence-corrected chi connectivity index (χ3v) is 2.29. The van der Waals surface area contributed by atoms with Crippen molar-refractivity contribution in [3.8, 4) is 0 Å². The van der Waals surface area contributed by atoms with Crippen LogP contribution in [0.3, 0.4) is 0 Å². The Balaban J connectivity index is 2.41. The molecule has 0 aromatic rings. The SMILES string of the molecule is CCOCC1(C)OOC1(C)C. The average molecular weight is 160 g/mol. The van der Waals surface area contributed by atoms with E-state index in [1.807, 2.05) is 27.7 Å². The van der Waals surface area contributed by atoms with E-state index in [2.05, 4.69) is 0 Å². The molecule has 1 unspecified atom stereocenters. The molecule has 1 heterocycles. The van der Waals surface area contributed by atoms with Crippen LogP contribution < -0.4 is 0 Å². The van der Waals surface area contributed by atoms with Crippen LogP contribution in [-0.2, 0) is 14.5 Å². The fourth-order valence-corrected chi connectivity index (χ4v) is 0.845. The maximum absolute atomic E-state index is 5.27. The van der Waals surface area contributed by atoms with E-state index in [4.69, 9.17) is 14.5 Å². The third-order valence-electron chi connectivity index (χ3n) is 2.29. The van der Waals surface area contributed by atoms with Crippen LogP contribution in [0.1, 0.15) is 27.7 Å². The van der Waals surface area contributed by atoms with Crippen molar-refractivity contribution in [2.24, 2.45) is 0 Å². The Bertz CT molecular complexity index is 144. The van der Waals surface area contributed by atoms with Gasteiger partial charge in [0.25, 0.3) is 0 Å². The van der Waals surface area contributed by atoms with Gasteiger partial charge in [0.2, 0.25) is 0 Å². The maximum atomic E-state index is 5.27. The van der Waals surface area contributed by atoms with Crippen molar-refractivity contribution in [3.63, 3.8) is 0 Å². The van der Waals surface area contributed by atoms with Crippen molar-refractivity contribution in [2.45, 2.75) is 38.9 Å². The van der Waals surface area contributed by atoms with Crippen LogP contribution >= 0.6 is 0 Å². The van der Waals surface area contributed by atoms with E-state index in [9.17, 15) is 0 Å². The Morgan fingerprint density at radius 1 is 1.18 bits per heavy atom. The van der Waals surface area contributed by atoms with Crippen LogP contribution in [0.25, 0.3) is 0 Å². The highest BCUT2D eigenvalue weighted by Gasteiger charge is 2.54. The summed E-state index contributed by atoms with van der Waals surface area (Å²) >= 11 is 0. The summed E-state index contributed by atoms with van der Waals surface area (Å²) in [6, 6.07) is 0. The average Bonchev–Trinajstić information content (AvgIpc) is 1.98. The lowest BCUT2D eigenvalue weighted by Gasteiger charge is -2.50. The fourth-order valence-electron chi connectivity index (χ4n) is 0.845. The highest BCUT2D eigenvalue weighted by Crippen LogP contribution is 2.39. The summed E-state index contributed by atoms with van der Waals surface area (Å²) in [6.07, 6.45) is 0. The molecule has 0 spiro atoms. The molecule has 0 aromatic carbocycles. The Kier molecular flexibility index (Phi) is 2.23. The minimum atomic E-state index is -0.275. The van der Waals surface area contributed by atoms with Crippen molar-refractivity contribution in [1.29, 1.82) is 0 Å². The van der Waals surface area contributed by atoms with Gasteiger partial charge >= 0.3 is 0 Å². The number of hydrogen-bond donors (Lipinski definition) is 0. The van der Waals surface area contributed by atoms with Gasteiger partial charge in [-0.15, -0.1) is 0 Å². The second-order valence-corrected chi connectivity index (χ2v) is 3.54. The lowest BCUT2D eigenvalue weighted by atomic mass is 9.86. The quantitative estimate of drug-likeness (QED) is 0.586. The van der Waals surface area contributed by atoms with Crippen LogP contribution in [0.2, 0.25) is 0 Å². The number of ether oxygens (including phenoxy) is 1. The van der Waals surface area contributed by atoms with E-state index >= 15 is 0 Å². The molecule has 3 heteroatoms. The molecular formula is C8H16O3. The standard InChI is InChI=1S/C8H16O3/c1-5-9-6-8(4)7(2,3)10-11-8/h5-6H2,1-4H3. The first-order chi connectivity index (χ1) is 5.02. The summed E-state index contributed by atoms with van der Waals surface area (Å²) in [7, 11) is 0. The van der Waals surface area contributed by atoms with Gasteiger partial charge in [-0.25, -0.2) is 9.78 Å². The topological polar surface area (TPSA) is 27.7 Å². The smallest absolute Gasteiger partial charge is 0.155 e. The van der Waals surface area contributed by atoms with Crippen LogP contribution in [-0.4, -0.2) is 24.4 Å². The van der Waals surface area contributed by atoms with Gasteiger partial charge in [-0.05, 0) is 27.7 Å². The monoisotopic (exact) mass is 160 g/mol. The van der Waals surface area contributed by atoms with Crippen molar-refractivity contribution < 1.29 is 14.5 Å². The Morgan fingerprint density at radius 2 is 1.82 bits per heavy atom. The van der Waals surface area contributed by atoms with Crippen molar-refractivity contribution in [1.82, 2.24) is 0 Å². The molecule has 0 N–H and O–H groups in total. The minimum Gasteiger partial charge on any atom is -0.379 e. The van der Waals surface area contributed by atoms with Crippen molar-refractivity contribution >= 4 is 0 Å². The molecule has 0 saturated carbocycles. The number of rotatable bonds is 3. The van der Waals surface area contributed by atoms with Gasteiger partial charge < -0.3 is 4.74 Å². The first kappa shape index (κ1) is 8.97. The predicted octanol–water partition coefficient (Wildman–Crippen LogP) is 1.52. The van der Waals surface area contributed by atoms with Crippen LogP contribution in [0, 0.1) is 0 Å². The van der Waals surface area contributed by atoms with Crippen LogP contribution in [0.5, 0.6) is 0 Å². The molecule has 0 radical (unpaired) electrons. The van der Waals surface area contributed by atoms with Crippen LogP contribution in [0.15, 0.2) is 0 Å². The van der Waals surface area contributed by atoms with E-state index < -0.39 is 0 Å². The molecular weight excluding hydrogens is 144 g/mol. The van der Waals surface area contributed by atoms with Crippen molar-refractivity contribution in [3.05, 3.63) is 0 Å². The van der Waals surface area contributed by atoms with Gasteiger partial charge in [-0.1, -0.05) is 0 Å². The van der Waals surface area contributed by atoms with E-state index in [-0.39, 0.29) is 11.2 Å². The zero-order chi connectivity index (χ0) is 8.54. The highest BCUT2D eigenvalue weighted by molar-refractivity contribution is 4.96. The molecule has 3 nitrogen and oxygen atoms in total. The zero-order valence-electron chi connectivity index (χ0n) is 7.64. The Morgan fingerprint density at radius 3 is 2.09 bits per heavy atom. The molecule has 1 saturated heterocycles. The molecule has 66 valence electrons. The first-order valence-corrected chi connectivity index (χ1v) is 3.96. The Hall–Kier alpha value is -0.120. The van der Waals surface area contributed by atoms with E-state index in [0.717, 1.165) is 6.61 Å². The number of hydrogen-bond acceptors (Lipinski definition) is 3. The van der Waals surface area contributed by atoms with E-state index in [1.54, 1.807) is 0 Å². The molecule has 0 amide bonds.